The highest BCUT2D eigenvalue weighted by molar-refractivity contribution is 7.81. The lowest BCUT2D eigenvalue weighted by Crippen LogP contribution is -1.84. The summed E-state index contributed by atoms with van der Waals surface area (Å²) in [6.45, 7) is 2.09. The van der Waals surface area contributed by atoms with E-state index in [0.717, 1.165) is 0 Å². The van der Waals surface area contributed by atoms with Gasteiger partial charge in [0.15, 0.2) is 0 Å². The lowest BCUT2D eigenvalue weighted by molar-refractivity contribution is 1.12. The van der Waals surface area contributed by atoms with Crippen molar-refractivity contribution in [1.29, 1.82) is 0 Å². The molecule has 0 aliphatic rings. The van der Waals surface area contributed by atoms with Gasteiger partial charge < -0.3 is 0 Å². The van der Waals surface area contributed by atoms with E-state index in [0.29, 0.717) is 5.25 Å². The highest BCUT2D eigenvalue weighted by atomic mass is 32.1. The average Bonchev–Trinajstić information content (AvgIpc) is 1.38. The maximum atomic E-state index is 4.10. The Morgan fingerprint density at radius 1 is 2.00 bits per heavy atom. The van der Waals surface area contributed by atoms with Crippen molar-refractivity contribution in [3.63, 3.8) is 0 Å². The molecule has 0 rings (SSSR count). The molecule has 0 N–H and O–H groups in total. The molecule has 0 saturated carbocycles. The Labute approximate surface area is 39.8 Å². The fraction of sp³-hybridized carbons (Fsp3) is 1.00. The summed E-state index contributed by atoms with van der Waals surface area (Å²) in [7, 11) is 2.12. The van der Waals surface area contributed by atoms with Crippen molar-refractivity contribution in [3.8, 4) is 0 Å². The zero-order valence-corrected chi connectivity index (χ0v) is 4.63. The van der Waals surface area contributed by atoms with E-state index < -0.39 is 0 Å². The fourth-order valence-corrected chi connectivity index (χ4v) is 0. The van der Waals surface area contributed by atoms with E-state index in [2.05, 4.69) is 27.4 Å². The van der Waals surface area contributed by atoms with Gasteiger partial charge in [-0.15, -0.1) is 0 Å². The van der Waals surface area contributed by atoms with Gasteiger partial charge in [0, 0.05) is 0 Å². The minimum absolute atomic E-state index is 0.579. The van der Waals surface area contributed by atoms with Gasteiger partial charge in [-0.2, -0.15) is 12.6 Å². The van der Waals surface area contributed by atoms with Gasteiger partial charge in [-0.3, -0.25) is 0 Å². The van der Waals surface area contributed by atoms with E-state index in [1.807, 2.05) is 0 Å². The monoisotopic (exact) mass is 88.1 g/mol. The van der Waals surface area contributed by atoms with Crippen LogP contribution in [0.4, 0.5) is 0 Å². The van der Waals surface area contributed by atoms with Crippen molar-refractivity contribution >= 4 is 20.5 Å². The van der Waals surface area contributed by atoms with Crippen LogP contribution >= 0.6 is 12.6 Å². The zero-order valence-electron chi connectivity index (χ0n) is 3.73. The molecule has 0 aliphatic carbocycles. The van der Waals surface area contributed by atoms with Crippen LogP contribution in [0.25, 0.3) is 0 Å². The quantitative estimate of drug-likeness (QED) is 0.347. The van der Waals surface area contributed by atoms with Gasteiger partial charge in [0.05, 0.1) is 0 Å². The molecule has 0 bridgehead atoms. The molecule has 0 radical (unpaired) electrons. The summed E-state index contributed by atoms with van der Waals surface area (Å²) < 4.78 is 0. The maximum absolute atomic E-state index is 4.10. The first-order valence-electron chi connectivity index (χ1n) is 1.95. The van der Waals surface area contributed by atoms with Crippen LogP contribution in [-0.4, -0.2) is 13.1 Å². The van der Waals surface area contributed by atoms with E-state index >= 15 is 0 Å². The van der Waals surface area contributed by atoms with Crippen LogP contribution in [0.5, 0.6) is 0 Å². The number of thiol groups is 1. The Kier molecular flexibility index (Phi) is 2.86. The van der Waals surface area contributed by atoms with Crippen molar-refractivity contribution in [3.05, 3.63) is 0 Å². The predicted molar refractivity (Wildman–Crippen MR) is 31.8 cm³/mol. The minimum atomic E-state index is 0.579. The van der Waals surface area contributed by atoms with Gasteiger partial charge in [0.25, 0.3) is 0 Å². The van der Waals surface area contributed by atoms with Gasteiger partial charge in [0.2, 0.25) is 0 Å². The maximum Gasteiger partial charge on any atom is 0.102 e. The molecule has 1 atom stereocenters. The van der Waals surface area contributed by atoms with Crippen molar-refractivity contribution in [2.75, 3.05) is 0 Å². The Morgan fingerprint density at radius 2 is 2.20 bits per heavy atom. The summed E-state index contributed by atoms with van der Waals surface area (Å²) in [5.41, 5.74) is 0. The lowest BCUT2D eigenvalue weighted by Gasteiger charge is -1.89. The molecule has 0 aromatic heterocycles. The highest BCUT2D eigenvalue weighted by Gasteiger charge is 1.81. The molecule has 0 heterocycles. The Hall–Kier alpha value is 0.415. The van der Waals surface area contributed by atoms with Gasteiger partial charge in [-0.1, -0.05) is 13.2 Å². The minimum Gasteiger partial charge on any atom is -0.177 e. The normalized spacial score (nSPS) is 14.8. The third-order valence-electron chi connectivity index (χ3n) is 0.591. The topological polar surface area (TPSA) is 0 Å². The molecule has 0 spiro atoms. The van der Waals surface area contributed by atoms with E-state index in [4.69, 9.17) is 0 Å². The van der Waals surface area contributed by atoms with Gasteiger partial charge >= 0.3 is 0 Å². The van der Waals surface area contributed by atoms with Gasteiger partial charge in [-0.05, 0) is 5.25 Å². The Balaban J connectivity index is 2.54. The zero-order chi connectivity index (χ0) is 4.28. The number of hydrogen-bond donors (Lipinski definition) is 1. The molecule has 0 saturated heterocycles. The molecule has 0 nitrogen and oxygen atoms in total. The molecular weight excluding hydrogens is 78.9 g/mol. The molecule has 1 unspecified atom stereocenters. The molecule has 0 fully saturated rings. The van der Waals surface area contributed by atoms with E-state index in [1.165, 1.54) is 6.32 Å². The molecule has 5 heavy (non-hydrogen) atoms. The SMILES string of the molecule is BCC(C)S. The van der Waals surface area contributed by atoms with Gasteiger partial charge in [0.1, 0.15) is 7.85 Å². The average molecular weight is 88.0 g/mol. The van der Waals surface area contributed by atoms with Crippen molar-refractivity contribution in [2.24, 2.45) is 0 Å². The summed E-state index contributed by atoms with van der Waals surface area (Å²) in [4.78, 5) is 0. The first-order chi connectivity index (χ1) is 2.27. The summed E-state index contributed by atoms with van der Waals surface area (Å²) in [6, 6.07) is 0. The molecule has 0 aliphatic heterocycles. The van der Waals surface area contributed by atoms with Crippen LogP contribution in [0.3, 0.4) is 0 Å². The first-order valence-corrected chi connectivity index (χ1v) is 2.47. The lowest BCUT2D eigenvalue weighted by atomic mass is 10.0. The van der Waals surface area contributed by atoms with E-state index in [-0.39, 0.29) is 0 Å². The second-order valence-corrected chi connectivity index (χ2v) is 2.14. The summed E-state index contributed by atoms with van der Waals surface area (Å²) in [6.07, 6.45) is 1.17. The number of hydrogen-bond acceptors (Lipinski definition) is 1. The smallest absolute Gasteiger partial charge is 0.102 e. The van der Waals surface area contributed by atoms with Crippen LogP contribution in [0.2, 0.25) is 6.32 Å². The Bertz CT molecular complexity index is 20.9. The largest absolute Gasteiger partial charge is 0.177 e. The molecule has 0 amide bonds. The van der Waals surface area contributed by atoms with Crippen molar-refractivity contribution in [1.82, 2.24) is 0 Å². The van der Waals surface area contributed by atoms with Crippen LogP contribution < -0.4 is 0 Å². The van der Waals surface area contributed by atoms with E-state index in [9.17, 15) is 0 Å². The second kappa shape index (κ2) is 2.64. The van der Waals surface area contributed by atoms with Crippen molar-refractivity contribution < 1.29 is 0 Å². The summed E-state index contributed by atoms with van der Waals surface area (Å²) in [5, 5.41) is 0.579. The molecule has 30 valence electrons. The standard InChI is InChI=1S/C3H9BS/c1-3(5)2-4/h3,5H,2,4H2,1H3. The first kappa shape index (κ1) is 5.41. The molecule has 0 aromatic rings. The van der Waals surface area contributed by atoms with Crippen LogP contribution in [0, 0.1) is 0 Å². The van der Waals surface area contributed by atoms with Gasteiger partial charge in [-0.25, -0.2) is 0 Å². The van der Waals surface area contributed by atoms with Crippen LogP contribution in [0.1, 0.15) is 6.92 Å². The fourth-order valence-electron chi connectivity index (χ4n) is 0. The third-order valence-corrected chi connectivity index (χ3v) is 0.956. The second-order valence-electron chi connectivity index (χ2n) is 1.26. The number of rotatable bonds is 1. The Morgan fingerprint density at radius 3 is 2.20 bits per heavy atom. The molecule has 0 aromatic carbocycles. The molecular formula is C3H9BS. The molecule has 2 heteroatoms. The van der Waals surface area contributed by atoms with Crippen LogP contribution in [-0.2, 0) is 0 Å². The summed E-state index contributed by atoms with van der Waals surface area (Å²) >= 11 is 4.10. The van der Waals surface area contributed by atoms with Crippen LogP contribution in [0.15, 0.2) is 0 Å². The van der Waals surface area contributed by atoms with E-state index in [1.54, 1.807) is 0 Å². The summed E-state index contributed by atoms with van der Waals surface area (Å²) in [5.74, 6) is 0. The highest BCUT2D eigenvalue weighted by Crippen LogP contribution is 1.93. The third kappa shape index (κ3) is 4.41. The van der Waals surface area contributed by atoms with Crippen molar-refractivity contribution in [2.45, 2.75) is 18.5 Å². The predicted octanol–water partition coefficient (Wildman–Crippen LogP) is 0.356.